The fraction of sp³-hybridized carbons (Fsp3) is 0.538. The molecule has 14 heteroatoms. The van der Waals surface area contributed by atoms with Gasteiger partial charge in [-0.15, -0.1) is 0 Å². The summed E-state index contributed by atoms with van der Waals surface area (Å²) in [6.07, 6.45) is -12.5. The summed E-state index contributed by atoms with van der Waals surface area (Å²) in [7, 11) is -3.13. The predicted octanol–water partition coefficient (Wildman–Crippen LogP) is 0.822. The van der Waals surface area contributed by atoms with Crippen LogP contribution in [-0.4, -0.2) is 101 Å². The Morgan fingerprint density at radius 3 is 1.82 bits per heavy atom. The van der Waals surface area contributed by atoms with E-state index in [1.807, 2.05) is 0 Å². The molecule has 2 aliphatic heterocycles. The van der Waals surface area contributed by atoms with Gasteiger partial charge in [0, 0.05) is 13.0 Å². The molecule has 0 saturated carbocycles. The molecule has 2 aliphatic rings. The molecule has 2 fully saturated rings. The third-order valence-corrected chi connectivity index (χ3v) is 8.06. The molecule has 222 valence electrons. The summed E-state index contributed by atoms with van der Waals surface area (Å²) in [6, 6.07) is 16.4. The van der Waals surface area contributed by atoms with E-state index in [1.165, 1.54) is 7.11 Å². The SMILES string of the molecule is COC1OC(COP(=O)(Oc2ccccc2)Oc2ccccc2)C(OC2OC(CO)C(C)C(O)C2O)C(O)C1O. The zero-order valence-corrected chi connectivity index (χ0v) is 22.8. The standard InChI is InChI=1S/C26H35O13P/c1-15-18(13-27)35-26(22(30)20(15)28)37-24-19(36-25(33-2)23(31)21(24)29)14-34-40(32,38-16-9-5-3-6-10-16)39-17-11-7-4-8-12-17/h3-12,15,18-31H,13-14H2,1-2H3. The Hall–Kier alpha value is -2.13. The molecule has 10 unspecified atom stereocenters. The van der Waals surface area contributed by atoms with Gasteiger partial charge in [-0.25, -0.2) is 4.57 Å². The Morgan fingerprint density at radius 2 is 1.30 bits per heavy atom. The number of methoxy groups -OCH3 is 1. The maximum atomic E-state index is 13.8. The zero-order valence-electron chi connectivity index (χ0n) is 21.9. The van der Waals surface area contributed by atoms with Gasteiger partial charge in [-0.1, -0.05) is 43.3 Å². The first-order valence-electron chi connectivity index (χ1n) is 12.7. The molecule has 10 atom stereocenters. The monoisotopic (exact) mass is 586 g/mol. The lowest BCUT2D eigenvalue weighted by Crippen LogP contribution is -2.63. The minimum absolute atomic E-state index is 0.196. The van der Waals surface area contributed by atoms with E-state index < -0.39 is 82.3 Å². The first kappa shape index (κ1) is 30.8. The second kappa shape index (κ2) is 13.7. The van der Waals surface area contributed by atoms with Gasteiger partial charge < -0.3 is 53.5 Å². The fourth-order valence-electron chi connectivity index (χ4n) is 4.41. The topological polar surface area (TPSA) is 183 Å². The number of para-hydroxylation sites is 2. The molecule has 0 aliphatic carbocycles. The predicted molar refractivity (Wildman–Crippen MR) is 137 cm³/mol. The molecule has 2 aromatic carbocycles. The van der Waals surface area contributed by atoms with Crippen LogP contribution in [0.2, 0.25) is 0 Å². The Balaban J connectivity index is 1.56. The first-order chi connectivity index (χ1) is 19.2. The number of hydrogen-bond acceptors (Lipinski definition) is 13. The van der Waals surface area contributed by atoms with Gasteiger partial charge in [0.25, 0.3) is 0 Å². The molecule has 0 amide bonds. The smallest absolute Gasteiger partial charge is 0.395 e. The third-order valence-electron chi connectivity index (χ3n) is 6.72. The quantitative estimate of drug-likeness (QED) is 0.234. The van der Waals surface area contributed by atoms with Gasteiger partial charge in [0.2, 0.25) is 0 Å². The van der Waals surface area contributed by atoms with Gasteiger partial charge in [-0.2, -0.15) is 0 Å². The summed E-state index contributed by atoms with van der Waals surface area (Å²) in [5, 5.41) is 52.0. The van der Waals surface area contributed by atoms with Crippen molar-refractivity contribution in [1.29, 1.82) is 0 Å². The van der Waals surface area contributed by atoms with E-state index in [0.29, 0.717) is 0 Å². The molecule has 0 aromatic heterocycles. The van der Waals surface area contributed by atoms with Gasteiger partial charge in [0.05, 0.1) is 25.4 Å². The number of benzene rings is 2. The molecular formula is C26H35O13P. The summed E-state index contributed by atoms with van der Waals surface area (Å²) >= 11 is 0. The highest BCUT2D eigenvalue weighted by Gasteiger charge is 2.51. The number of phosphoric ester groups is 1. The number of aliphatic hydroxyl groups excluding tert-OH is 5. The third kappa shape index (κ3) is 7.19. The second-order valence-corrected chi connectivity index (χ2v) is 11.0. The van der Waals surface area contributed by atoms with Crippen LogP contribution in [0.3, 0.4) is 0 Å². The molecule has 4 rings (SSSR count). The maximum absolute atomic E-state index is 13.8. The van der Waals surface area contributed by atoms with Crippen LogP contribution >= 0.6 is 7.82 Å². The average Bonchev–Trinajstić information content (AvgIpc) is 2.96. The highest BCUT2D eigenvalue weighted by molar-refractivity contribution is 7.49. The highest BCUT2D eigenvalue weighted by atomic mass is 31.2. The molecule has 40 heavy (non-hydrogen) atoms. The van der Waals surface area contributed by atoms with Gasteiger partial charge in [-0.05, 0) is 24.3 Å². The van der Waals surface area contributed by atoms with Crippen molar-refractivity contribution in [3.8, 4) is 11.5 Å². The summed E-state index contributed by atoms with van der Waals surface area (Å²) in [5.74, 6) is -0.228. The normalized spacial score (nSPS) is 34.8. The van der Waals surface area contributed by atoms with E-state index in [1.54, 1.807) is 67.6 Å². The van der Waals surface area contributed by atoms with Crippen LogP contribution < -0.4 is 9.05 Å². The lowest BCUT2D eigenvalue weighted by atomic mass is 9.91. The number of rotatable bonds is 11. The van der Waals surface area contributed by atoms with Crippen molar-refractivity contribution in [2.75, 3.05) is 20.3 Å². The summed E-state index contributed by atoms with van der Waals surface area (Å²) < 4.78 is 52.9. The van der Waals surface area contributed by atoms with E-state index in [2.05, 4.69) is 0 Å². The molecular weight excluding hydrogens is 551 g/mol. The van der Waals surface area contributed by atoms with Crippen molar-refractivity contribution in [3.63, 3.8) is 0 Å². The van der Waals surface area contributed by atoms with Crippen molar-refractivity contribution >= 4 is 7.82 Å². The zero-order chi connectivity index (χ0) is 28.9. The van der Waals surface area contributed by atoms with Gasteiger partial charge in [-0.3, -0.25) is 4.52 Å². The molecule has 0 spiro atoms. The van der Waals surface area contributed by atoms with Crippen LogP contribution in [0.15, 0.2) is 60.7 Å². The van der Waals surface area contributed by atoms with Crippen LogP contribution in [0.1, 0.15) is 6.92 Å². The molecule has 13 nitrogen and oxygen atoms in total. The number of ether oxygens (including phenoxy) is 4. The van der Waals surface area contributed by atoms with Crippen molar-refractivity contribution in [2.24, 2.45) is 5.92 Å². The van der Waals surface area contributed by atoms with Crippen LogP contribution in [0.25, 0.3) is 0 Å². The van der Waals surface area contributed by atoms with Crippen LogP contribution in [0.4, 0.5) is 0 Å². The van der Waals surface area contributed by atoms with E-state index in [0.717, 1.165) is 0 Å². The summed E-state index contributed by atoms with van der Waals surface area (Å²) in [6.45, 7) is 0.562. The lowest BCUT2D eigenvalue weighted by molar-refractivity contribution is -0.352. The van der Waals surface area contributed by atoms with E-state index >= 15 is 0 Å². The number of phosphoric acid groups is 1. The van der Waals surface area contributed by atoms with E-state index in [4.69, 9.17) is 32.5 Å². The molecule has 5 N–H and O–H groups in total. The minimum atomic E-state index is -4.38. The lowest BCUT2D eigenvalue weighted by Gasteiger charge is -2.46. The summed E-state index contributed by atoms with van der Waals surface area (Å²) in [5.41, 5.74) is 0. The van der Waals surface area contributed by atoms with Gasteiger partial charge >= 0.3 is 7.82 Å². The Kier molecular flexibility index (Phi) is 10.5. The van der Waals surface area contributed by atoms with Crippen molar-refractivity contribution < 1.29 is 62.6 Å². The first-order valence-corrected chi connectivity index (χ1v) is 14.2. The average molecular weight is 587 g/mol. The van der Waals surface area contributed by atoms with Crippen molar-refractivity contribution in [3.05, 3.63) is 60.7 Å². The van der Waals surface area contributed by atoms with E-state index in [-0.39, 0.29) is 11.5 Å². The van der Waals surface area contributed by atoms with Crippen molar-refractivity contribution in [1.82, 2.24) is 0 Å². The highest BCUT2D eigenvalue weighted by Crippen LogP contribution is 2.50. The van der Waals surface area contributed by atoms with Crippen LogP contribution in [0.5, 0.6) is 11.5 Å². The second-order valence-electron chi connectivity index (χ2n) is 9.48. The largest absolute Gasteiger partial charge is 0.587 e. The maximum Gasteiger partial charge on any atom is 0.587 e. The van der Waals surface area contributed by atoms with Crippen LogP contribution in [-0.2, 0) is 28.0 Å². The Morgan fingerprint density at radius 1 is 0.775 bits per heavy atom. The van der Waals surface area contributed by atoms with Gasteiger partial charge in [0.1, 0.15) is 42.0 Å². The van der Waals surface area contributed by atoms with Crippen LogP contribution in [0, 0.1) is 5.92 Å². The Labute approximate surface area is 231 Å². The fourth-order valence-corrected chi connectivity index (χ4v) is 5.64. The van der Waals surface area contributed by atoms with Crippen molar-refractivity contribution in [2.45, 2.75) is 62.2 Å². The van der Waals surface area contributed by atoms with Gasteiger partial charge in [0.15, 0.2) is 12.6 Å². The molecule has 2 saturated heterocycles. The number of hydrogen-bond donors (Lipinski definition) is 5. The molecule has 0 radical (unpaired) electrons. The number of aliphatic hydroxyl groups is 5. The summed E-state index contributed by atoms with van der Waals surface area (Å²) in [4.78, 5) is 0. The molecule has 2 aromatic rings. The van der Waals surface area contributed by atoms with E-state index in [9.17, 15) is 30.1 Å². The minimum Gasteiger partial charge on any atom is -0.395 e. The molecule has 0 bridgehead atoms. The Bertz CT molecular complexity index is 1050. The molecule has 2 heterocycles.